The van der Waals surface area contributed by atoms with Gasteiger partial charge in [-0.1, -0.05) is 19.3 Å². The number of carbonyl (C=O) groups excluding carboxylic acids is 4. The Kier molecular flexibility index (Phi) is 6.16. The van der Waals surface area contributed by atoms with E-state index >= 15 is 0 Å². The number of urea groups is 1. The largest absolute Gasteiger partial charge is 0.451 e. The third kappa shape index (κ3) is 4.10. The van der Waals surface area contributed by atoms with E-state index in [2.05, 4.69) is 0 Å². The molecule has 0 aromatic rings. The van der Waals surface area contributed by atoms with Gasteiger partial charge in [-0.15, -0.1) is 0 Å². The molecule has 0 aromatic carbocycles. The highest BCUT2D eigenvalue weighted by molar-refractivity contribution is 6.08. The van der Waals surface area contributed by atoms with Gasteiger partial charge in [0.05, 0.1) is 12.2 Å². The van der Waals surface area contributed by atoms with Crippen LogP contribution in [-0.2, 0) is 23.9 Å². The molecule has 0 bridgehead atoms. The number of hydrogen-bond donors (Lipinski definition) is 0. The molecule has 3 unspecified atom stereocenters. The molecule has 3 atom stereocenters. The van der Waals surface area contributed by atoms with Crippen LogP contribution < -0.4 is 0 Å². The zero-order chi connectivity index (χ0) is 21.3. The summed E-state index contributed by atoms with van der Waals surface area (Å²) in [6.45, 7) is 5.66. The van der Waals surface area contributed by atoms with E-state index in [1.54, 1.807) is 11.9 Å². The number of rotatable bonds is 4. The lowest BCUT2D eigenvalue weighted by Crippen LogP contribution is -2.52. The van der Waals surface area contributed by atoms with Crippen molar-refractivity contribution in [2.45, 2.75) is 76.7 Å². The van der Waals surface area contributed by atoms with E-state index in [1.165, 1.54) is 11.8 Å². The van der Waals surface area contributed by atoms with Crippen molar-refractivity contribution < 1.29 is 28.7 Å². The van der Waals surface area contributed by atoms with Crippen molar-refractivity contribution in [1.29, 1.82) is 0 Å². The number of imide groups is 1. The van der Waals surface area contributed by atoms with Crippen LogP contribution in [0, 0.1) is 0 Å². The summed E-state index contributed by atoms with van der Waals surface area (Å²) in [5.74, 6) is -1.40. The van der Waals surface area contributed by atoms with Crippen molar-refractivity contribution >= 4 is 23.8 Å². The van der Waals surface area contributed by atoms with E-state index in [1.807, 2.05) is 13.8 Å². The van der Waals surface area contributed by atoms with Gasteiger partial charge in [0.25, 0.3) is 11.8 Å². The number of morpholine rings is 1. The van der Waals surface area contributed by atoms with Crippen molar-refractivity contribution in [2.24, 2.45) is 0 Å². The van der Waals surface area contributed by atoms with Crippen molar-refractivity contribution in [2.75, 3.05) is 26.7 Å². The van der Waals surface area contributed by atoms with Crippen LogP contribution in [0.3, 0.4) is 0 Å². The van der Waals surface area contributed by atoms with E-state index in [-0.39, 0.29) is 24.0 Å². The van der Waals surface area contributed by atoms with Gasteiger partial charge in [-0.2, -0.15) is 0 Å². The second-order valence-corrected chi connectivity index (χ2v) is 8.46. The van der Waals surface area contributed by atoms with Gasteiger partial charge in [-0.3, -0.25) is 19.3 Å². The summed E-state index contributed by atoms with van der Waals surface area (Å²) in [4.78, 5) is 54.6. The third-order valence-electron chi connectivity index (χ3n) is 6.16. The molecule has 162 valence electrons. The Hall–Kier alpha value is -2.16. The lowest BCUT2D eigenvalue weighted by atomic mass is 9.81. The number of likely N-dealkylation sites (N-methyl/N-ethyl adjacent to an activating group) is 1. The molecule has 3 rings (SSSR count). The van der Waals surface area contributed by atoms with Crippen LogP contribution in [-0.4, -0.2) is 89.0 Å². The van der Waals surface area contributed by atoms with Crippen LogP contribution in [0.2, 0.25) is 0 Å². The zero-order valence-electron chi connectivity index (χ0n) is 17.7. The Morgan fingerprint density at radius 3 is 2.31 bits per heavy atom. The Morgan fingerprint density at radius 1 is 1.14 bits per heavy atom. The molecular formula is C20H31N3O6. The fourth-order valence-electron chi connectivity index (χ4n) is 4.70. The summed E-state index contributed by atoms with van der Waals surface area (Å²) in [6.07, 6.45) is 2.85. The van der Waals surface area contributed by atoms with Crippen LogP contribution in [0.25, 0.3) is 0 Å². The van der Waals surface area contributed by atoms with Gasteiger partial charge < -0.3 is 19.3 Å². The summed E-state index contributed by atoms with van der Waals surface area (Å²) < 4.78 is 10.9. The first-order chi connectivity index (χ1) is 13.7. The summed E-state index contributed by atoms with van der Waals surface area (Å²) in [7, 11) is 1.61. The number of esters is 1. The Bertz CT molecular complexity index is 680. The topological polar surface area (TPSA) is 96.5 Å². The minimum atomic E-state index is -0.992. The molecule has 3 aliphatic rings. The second kappa shape index (κ2) is 8.30. The molecular weight excluding hydrogens is 378 g/mol. The first-order valence-electron chi connectivity index (χ1n) is 10.4. The average Bonchev–Trinajstić information content (AvgIpc) is 2.83. The first-order valence-corrected chi connectivity index (χ1v) is 10.4. The molecule has 9 nitrogen and oxygen atoms in total. The van der Waals surface area contributed by atoms with Crippen LogP contribution >= 0.6 is 0 Å². The van der Waals surface area contributed by atoms with Gasteiger partial charge in [0.1, 0.15) is 12.1 Å². The monoisotopic (exact) mass is 409 g/mol. The molecule has 1 saturated carbocycles. The predicted molar refractivity (Wildman–Crippen MR) is 103 cm³/mol. The van der Waals surface area contributed by atoms with E-state index in [0.717, 1.165) is 24.2 Å². The van der Waals surface area contributed by atoms with E-state index in [9.17, 15) is 19.2 Å². The highest BCUT2D eigenvalue weighted by atomic mass is 16.5. The highest BCUT2D eigenvalue weighted by Crippen LogP contribution is 2.39. The first kappa shape index (κ1) is 21.5. The molecule has 2 aliphatic heterocycles. The Labute approximate surface area is 171 Å². The molecule has 1 aliphatic carbocycles. The van der Waals surface area contributed by atoms with Crippen LogP contribution in [0.15, 0.2) is 0 Å². The maximum atomic E-state index is 12.9. The number of carbonyl (C=O) groups is 4. The molecule has 9 heteroatoms. The van der Waals surface area contributed by atoms with Crippen LogP contribution in [0.1, 0.15) is 52.9 Å². The van der Waals surface area contributed by atoms with Crippen molar-refractivity contribution in [3.63, 3.8) is 0 Å². The van der Waals surface area contributed by atoms with Gasteiger partial charge in [0.15, 0.2) is 6.10 Å². The number of ether oxygens (including phenoxy) is 2. The van der Waals surface area contributed by atoms with Gasteiger partial charge >= 0.3 is 12.0 Å². The summed E-state index contributed by atoms with van der Waals surface area (Å²) in [6, 6.07) is -0.483. The maximum Gasteiger partial charge on any atom is 0.327 e. The summed E-state index contributed by atoms with van der Waals surface area (Å²) >= 11 is 0. The highest BCUT2D eigenvalue weighted by Gasteiger charge is 2.56. The molecule has 2 saturated heterocycles. The fraction of sp³-hybridized carbons (Fsp3) is 0.800. The SMILES string of the molecule is CC1CN(C(=O)C(C)OC(=O)CN2C(=O)N(C)C3(CCCCC3)C2=O)CC(C)O1. The number of nitrogens with zero attached hydrogens (tertiary/aromatic N) is 3. The van der Waals surface area contributed by atoms with Gasteiger partial charge in [0, 0.05) is 20.1 Å². The lowest BCUT2D eigenvalue weighted by molar-refractivity contribution is -0.165. The van der Waals surface area contributed by atoms with Gasteiger partial charge in [0.2, 0.25) is 0 Å². The minimum Gasteiger partial charge on any atom is -0.451 e. The molecule has 0 radical (unpaired) electrons. The maximum absolute atomic E-state index is 12.9. The summed E-state index contributed by atoms with van der Waals surface area (Å²) in [5.41, 5.74) is -0.836. The fourth-order valence-corrected chi connectivity index (χ4v) is 4.70. The molecule has 2 heterocycles. The molecule has 0 aromatic heterocycles. The summed E-state index contributed by atoms with van der Waals surface area (Å²) in [5, 5.41) is 0. The quantitative estimate of drug-likeness (QED) is 0.511. The molecule has 4 amide bonds. The number of amides is 4. The second-order valence-electron chi connectivity index (χ2n) is 8.46. The van der Waals surface area contributed by atoms with Crippen LogP contribution in [0.4, 0.5) is 4.79 Å². The molecule has 29 heavy (non-hydrogen) atoms. The van der Waals surface area contributed by atoms with E-state index in [0.29, 0.717) is 25.9 Å². The Balaban J connectivity index is 1.59. The molecule has 0 N–H and O–H groups in total. The third-order valence-corrected chi connectivity index (χ3v) is 6.16. The Morgan fingerprint density at radius 2 is 1.72 bits per heavy atom. The normalized spacial score (nSPS) is 28.1. The van der Waals surface area contributed by atoms with Gasteiger partial charge in [-0.25, -0.2) is 4.79 Å². The van der Waals surface area contributed by atoms with Crippen molar-refractivity contribution in [3.8, 4) is 0 Å². The van der Waals surface area contributed by atoms with E-state index < -0.39 is 30.2 Å². The van der Waals surface area contributed by atoms with E-state index in [4.69, 9.17) is 9.47 Å². The lowest BCUT2D eigenvalue weighted by Gasteiger charge is -2.36. The molecule has 3 fully saturated rings. The van der Waals surface area contributed by atoms with Crippen molar-refractivity contribution in [1.82, 2.24) is 14.7 Å². The molecule has 1 spiro atoms. The smallest absolute Gasteiger partial charge is 0.327 e. The standard InChI is InChI=1S/C20H31N3O6/c1-13-10-22(11-14(2)28-13)17(25)15(3)29-16(24)12-23-18(26)20(21(4)19(23)27)8-6-5-7-9-20/h13-15H,5-12H2,1-4H3. The zero-order valence-corrected chi connectivity index (χ0v) is 17.7. The number of hydrogen-bond acceptors (Lipinski definition) is 6. The van der Waals surface area contributed by atoms with Crippen LogP contribution in [0.5, 0.6) is 0 Å². The average molecular weight is 409 g/mol. The van der Waals surface area contributed by atoms with Crippen molar-refractivity contribution in [3.05, 3.63) is 0 Å². The minimum absolute atomic E-state index is 0.0901. The predicted octanol–water partition coefficient (Wildman–Crippen LogP) is 1.15. The van der Waals surface area contributed by atoms with Gasteiger partial charge in [-0.05, 0) is 33.6 Å².